The Kier molecular flexibility index (Phi) is 5.54. The van der Waals surface area contributed by atoms with Gasteiger partial charge in [0, 0.05) is 32.4 Å². The van der Waals surface area contributed by atoms with Crippen molar-refractivity contribution >= 4 is 39.8 Å². The van der Waals surface area contributed by atoms with Crippen molar-refractivity contribution in [3.63, 3.8) is 0 Å². The Morgan fingerprint density at radius 3 is 2.72 bits per heavy atom. The van der Waals surface area contributed by atoms with Crippen molar-refractivity contribution in [2.45, 2.75) is 17.1 Å². The second kappa shape index (κ2) is 7.83. The molecule has 132 valence electrons. The third kappa shape index (κ3) is 4.10. The summed E-state index contributed by atoms with van der Waals surface area (Å²) in [6, 6.07) is 7.50. The number of pyridine rings is 1. The Morgan fingerprint density at radius 1 is 1.32 bits per heavy atom. The van der Waals surface area contributed by atoms with E-state index in [0.29, 0.717) is 18.0 Å². The fourth-order valence-corrected chi connectivity index (χ4v) is 4.64. The van der Waals surface area contributed by atoms with Gasteiger partial charge < -0.3 is 9.80 Å². The first-order valence-corrected chi connectivity index (χ1v) is 9.65. The second-order valence-corrected chi connectivity index (χ2v) is 7.88. The molecule has 0 radical (unpaired) electrons. The number of piperazine rings is 1. The maximum absolute atomic E-state index is 12.7. The number of rotatable bonds is 5. The summed E-state index contributed by atoms with van der Waals surface area (Å²) in [5.41, 5.74) is 0. The van der Waals surface area contributed by atoms with E-state index in [1.807, 2.05) is 23.1 Å². The molecule has 0 N–H and O–H groups in total. The number of carbonyl (C=O) groups excluding carboxylic acids is 1. The lowest BCUT2D eigenvalue weighted by Crippen LogP contribution is -2.50. The van der Waals surface area contributed by atoms with Crippen molar-refractivity contribution in [2.24, 2.45) is 0 Å². The quantitative estimate of drug-likeness (QED) is 0.452. The van der Waals surface area contributed by atoms with Crippen LogP contribution in [0, 0.1) is 10.1 Å². The summed E-state index contributed by atoms with van der Waals surface area (Å²) in [6.45, 7) is 4.54. The average Bonchev–Trinajstić information content (AvgIpc) is 3.10. The molecule has 1 amide bonds. The van der Waals surface area contributed by atoms with Crippen molar-refractivity contribution in [2.75, 3.05) is 31.1 Å². The van der Waals surface area contributed by atoms with Crippen LogP contribution >= 0.6 is 23.1 Å². The van der Waals surface area contributed by atoms with Crippen molar-refractivity contribution < 1.29 is 9.72 Å². The van der Waals surface area contributed by atoms with Crippen molar-refractivity contribution in [1.29, 1.82) is 0 Å². The Balaban J connectivity index is 1.57. The van der Waals surface area contributed by atoms with Gasteiger partial charge in [0.25, 0.3) is 0 Å². The van der Waals surface area contributed by atoms with Gasteiger partial charge in [0.1, 0.15) is 5.82 Å². The molecular weight excluding hydrogens is 360 g/mol. The van der Waals surface area contributed by atoms with Gasteiger partial charge in [-0.1, -0.05) is 17.4 Å². The van der Waals surface area contributed by atoms with E-state index < -0.39 is 4.92 Å². The van der Waals surface area contributed by atoms with Crippen LogP contribution in [0.25, 0.3) is 0 Å². The molecule has 0 aromatic carbocycles. The first-order valence-electron chi connectivity index (χ1n) is 7.89. The van der Waals surface area contributed by atoms with Crippen LogP contribution in [0.5, 0.6) is 0 Å². The molecule has 25 heavy (non-hydrogen) atoms. The molecule has 1 atom stereocenters. The van der Waals surface area contributed by atoms with E-state index in [0.717, 1.165) is 30.2 Å². The van der Waals surface area contributed by atoms with Crippen LogP contribution in [0.3, 0.4) is 0 Å². The standard InChI is InChI=1S/C16H18N4O3S2/c1-12(25-13-5-11-24-16(13)20(22)23)15(21)19-9-7-18(8-10-19)14-4-2-3-6-17-14/h2-6,11-12H,7-10H2,1H3/t12-/m1/s1. The number of carbonyl (C=O) groups is 1. The Morgan fingerprint density at radius 2 is 2.08 bits per heavy atom. The predicted molar refractivity (Wildman–Crippen MR) is 99.3 cm³/mol. The van der Waals surface area contributed by atoms with Crippen LogP contribution in [-0.2, 0) is 4.79 Å². The summed E-state index contributed by atoms with van der Waals surface area (Å²) in [4.78, 5) is 32.1. The fraction of sp³-hybridized carbons (Fsp3) is 0.375. The summed E-state index contributed by atoms with van der Waals surface area (Å²) >= 11 is 2.34. The number of hydrogen-bond donors (Lipinski definition) is 0. The van der Waals surface area contributed by atoms with E-state index in [1.165, 1.54) is 11.8 Å². The van der Waals surface area contributed by atoms with Crippen molar-refractivity contribution in [1.82, 2.24) is 9.88 Å². The molecule has 7 nitrogen and oxygen atoms in total. The van der Waals surface area contributed by atoms with E-state index in [9.17, 15) is 14.9 Å². The van der Waals surface area contributed by atoms with Crippen LogP contribution in [0.1, 0.15) is 6.92 Å². The van der Waals surface area contributed by atoms with Gasteiger partial charge >= 0.3 is 5.00 Å². The predicted octanol–water partition coefficient (Wildman–Crippen LogP) is 2.88. The normalized spacial score (nSPS) is 15.9. The number of thiophene rings is 1. The second-order valence-electron chi connectivity index (χ2n) is 5.61. The lowest BCUT2D eigenvalue weighted by atomic mass is 10.2. The molecule has 9 heteroatoms. The highest BCUT2D eigenvalue weighted by Gasteiger charge is 2.28. The van der Waals surface area contributed by atoms with Crippen LogP contribution in [0.15, 0.2) is 40.7 Å². The van der Waals surface area contributed by atoms with Crippen molar-refractivity contribution in [3.8, 4) is 0 Å². The van der Waals surface area contributed by atoms with Crippen molar-refractivity contribution in [3.05, 3.63) is 46.0 Å². The average molecular weight is 378 g/mol. The Labute approximate surface area is 153 Å². The lowest BCUT2D eigenvalue weighted by Gasteiger charge is -2.36. The van der Waals surface area contributed by atoms with Gasteiger partial charge in [-0.2, -0.15) is 0 Å². The Bertz CT molecular complexity index is 745. The summed E-state index contributed by atoms with van der Waals surface area (Å²) in [6.07, 6.45) is 1.76. The number of anilines is 1. The van der Waals surface area contributed by atoms with Crippen LogP contribution < -0.4 is 4.90 Å². The number of hydrogen-bond acceptors (Lipinski definition) is 7. The van der Waals surface area contributed by atoms with Crippen LogP contribution in [0.2, 0.25) is 0 Å². The smallest absolute Gasteiger partial charge is 0.337 e. The SMILES string of the molecule is C[C@@H](Sc1ccsc1[N+](=O)[O-])C(=O)N1CCN(c2ccccn2)CC1. The first kappa shape index (κ1) is 17.7. The topological polar surface area (TPSA) is 79.6 Å². The molecular formula is C16H18N4O3S2. The van der Waals surface area contributed by atoms with E-state index in [4.69, 9.17) is 0 Å². The number of thioether (sulfide) groups is 1. The van der Waals surface area contributed by atoms with E-state index in [2.05, 4.69) is 9.88 Å². The zero-order chi connectivity index (χ0) is 17.8. The number of nitrogens with zero attached hydrogens (tertiary/aromatic N) is 4. The third-order valence-corrected chi connectivity index (χ3v) is 6.12. The van der Waals surface area contributed by atoms with Gasteiger partial charge in [-0.05, 0) is 30.5 Å². The molecule has 3 rings (SSSR count). The Hall–Kier alpha value is -2.13. The zero-order valence-corrected chi connectivity index (χ0v) is 15.3. The minimum Gasteiger partial charge on any atom is -0.353 e. The molecule has 1 aliphatic rings. The van der Waals surface area contributed by atoms with Gasteiger partial charge in [0.2, 0.25) is 5.91 Å². The van der Waals surface area contributed by atoms with Gasteiger partial charge in [0.15, 0.2) is 0 Å². The molecule has 1 saturated heterocycles. The highest BCUT2D eigenvalue weighted by atomic mass is 32.2. The first-order chi connectivity index (χ1) is 12.1. The largest absolute Gasteiger partial charge is 0.353 e. The summed E-state index contributed by atoms with van der Waals surface area (Å²) in [7, 11) is 0. The van der Waals surface area contributed by atoms with Gasteiger partial charge in [-0.25, -0.2) is 4.98 Å². The molecule has 0 aliphatic carbocycles. The van der Waals surface area contributed by atoms with E-state index >= 15 is 0 Å². The molecule has 0 saturated carbocycles. The molecule has 3 heterocycles. The molecule has 1 aliphatic heterocycles. The molecule has 0 spiro atoms. The fourth-order valence-electron chi connectivity index (χ4n) is 2.71. The maximum Gasteiger partial charge on any atom is 0.337 e. The van der Waals surface area contributed by atoms with Gasteiger partial charge in [-0.15, -0.1) is 11.8 Å². The molecule has 0 bridgehead atoms. The zero-order valence-electron chi connectivity index (χ0n) is 13.7. The molecule has 2 aromatic rings. The molecule has 2 aromatic heterocycles. The summed E-state index contributed by atoms with van der Waals surface area (Å²) in [5, 5.41) is 12.4. The highest BCUT2D eigenvalue weighted by Crippen LogP contribution is 2.37. The van der Waals surface area contributed by atoms with Crippen LogP contribution in [0.4, 0.5) is 10.8 Å². The number of aromatic nitrogens is 1. The third-order valence-electron chi connectivity index (χ3n) is 3.99. The number of nitro groups is 1. The minimum atomic E-state index is -0.393. The van der Waals surface area contributed by atoms with E-state index in [-0.39, 0.29) is 16.2 Å². The maximum atomic E-state index is 12.7. The van der Waals surface area contributed by atoms with E-state index in [1.54, 1.807) is 24.6 Å². The molecule has 0 unspecified atom stereocenters. The summed E-state index contributed by atoms with van der Waals surface area (Å²) in [5.74, 6) is 0.942. The lowest BCUT2D eigenvalue weighted by molar-refractivity contribution is -0.382. The van der Waals surface area contributed by atoms with Crippen LogP contribution in [-0.4, -0.2) is 52.1 Å². The summed E-state index contributed by atoms with van der Waals surface area (Å²) < 4.78 is 0. The van der Waals surface area contributed by atoms with Gasteiger partial charge in [0.05, 0.1) is 15.1 Å². The highest BCUT2D eigenvalue weighted by molar-refractivity contribution is 8.00. The molecule has 1 fully saturated rings. The monoisotopic (exact) mass is 378 g/mol. The van der Waals surface area contributed by atoms with Gasteiger partial charge in [-0.3, -0.25) is 14.9 Å². The number of amides is 1. The minimum absolute atomic E-state index is 0.0196.